The molecule has 1 unspecified atom stereocenters. The van der Waals surface area contributed by atoms with Crippen LogP contribution in [-0.4, -0.2) is 55.3 Å². The molecule has 0 aromatic carbocycles. The van der Waals surface area contributed by atoms with Gasteiger partial charge in [0.25, 0.3) is 0 Å². The number of amidine groups is 1. The number of halogens is 3. The van der Waals surface area contributed by atoms with E-state index in [1.54, 1.807) is 0 Å². The average molecular weight is 296 g/mol. The maximum atomic E-state index is 12.7. The van der Waals surface area contributed by atoms with Crippen LogP contribution in [0.25, 0.3) is 0 Å². The van der Waals surface area contributed by atoms with E-state index in [2.05, 4.69) is 22.4 Å². The SMILES string of the molecule is CN1CCC(CCNCC(C(N)=NO)C(F)(F)F)CC1. The Morgan fingerprint density at radius 3 is 2.55 bits per heavy atom. The Hall–Kier alpha value is -1.02. The Kier molecular flexibility index (Phi) is 6.54. The van der Waals surface area contributed by atoms with Crippen molar-refractivity contribution >= 4 is 5.84 Å². The summed E-state index contributed by atoms with van der Waals surface area (Å²) >= 11 is 0. The lowest BCUT2D eigenvalue weighted by molar-refractivity contribution is -0.154. The van der Waals surface area contributed by atoms with Crippen LogP contribution in [0, 0.1) is 11.8 Å². The van der Waals surface area contributed by atoms with Gasteiger partial charge in [-0.2, -0.15) is 13.2 Å². The highest BCUT2D eigenvalue weighted by molar-refractivity contribution is 5.83. The summed E-state index contributed by atoms with van der Waals surface area (Å²) in [6.07, 6.45) is -1.48. The zero-order valence-electron chi connectivity index (χ0n) is 11.7. The van der Waals surface area contributed by atoms with Crippen molar-refractivity contribution in [1.29, 1.82) is 0 Å². The molecule has 0 radical (unpaired) electrons. The van der Waals surface area contributed by atoms with Gasteiger partial charge in [-0.1, -0.05) is 5.16 Å². The lowest BCUT2D eigenvalue weighted by Gasteiger charge is -2.29. The van der Waals surface area contributed by atoms with E-state index >= 15 is 0 Å². The van der Waals surface area contributed by atoms with Crippen LogP contribution in [0.15, 0.2) is 5.16 Å². The Labute approximate surface area is 117 Å². The fourth-order valence-electron chi connectivity index (χ4n) is 2.36. The molecule has 20 heavy (non-hydrogen) atoms. The number of nitrogens with zero attached hydrogens (tertiary/aromatic N) is 2. The van der Waals surface area contributed by atoms with Crippen molar-refractivity contribution in [1.82, 2.24) is 10.2 Å². The molecule has 1 rings (SSSR count). The Bertz CT molecular complexity index is 314. The van der Waals surface area contributed by atoms with E-state index in [1.165, 1.54) is 0 Å². The van der Waals surface area contributed by atoms with Crippen molar-refractivity contribution in [2.24, 2.45) is 22.7 Å². The summed E-state index contributed by atoms with van der Waals surface area (Å²) in [6.45, 7) is 2.24. The Balaban J connectivity index is 2.27. The molecular weight excluding hydrogens is 273 g/mol. The minimum Gasteiger partial charge on any atom is -0.409 e. The molecule has 0 aromatic rings. The monoisotopic (exact) mass is 296 g/mol. The molecule has 0 amide bonds. The quantitative estimate of drug-likeness (QED) is 0.227. The highest BCUT2D eigenvalue weighted by Crippen LogP contribution is 2.26. The Morgan fingerprint density at radius 2 is 2.05 bits per heavy atom. The van der Waals surface area contributed by atoms with Gasteiger partial charge in [0.2, 0.25) is 0 Å². The first-order valence-corrected chi connectivity index (χ1v) is 6.78. The standard InChI is InChI=1S/C12H23F3N4O/c1-19-6-3-9(4-7-19)2-5-17-8-10(11(16)18-20)12(13,14)15/h9-10,17,20H,2-8H2,1H3,(H2,16,18). The highest BCUT2D eigenvalue weighted by Gasteiger charge is 2.42. The molecule has 1 saturated heterocycles. The van der Waals surface area contributed by atoms with Crippen molar-refractivity contribution in [2.75, 3.05) is 33.2 Å². The van der Waals surface area contributed by atoms with Crippen LogP contribution in [0.3, 0.4) is 0 Å². The third-order valence-corrected chi connectivity index (χ3v) is 3.78. The van der Waals surface area contributed by atoms with E-state index in [-0.39, 0.29) is 6.54 Å². The molecule has 0 aliphatic carbocycles. The molecular formula is C12H23F3N4O. The number of nitrogens with two attached hydrogens (primary N) is 1. The van der Waals surface area contributed by atoms with Crippen LogP contribution in [0.5, 0.6) is 0 Å². The summed E-state index contributed by atoms with van der Waals surface area (Å²) < 4.78 is 38.0. The van der Waals surface area contributed by atoms with Crippen molar-refractivity contribution < 1.29 is 18.4 Å². The molecule has 1 aliphatic rings. The van der Waals surface area contributed by atoms with E-state index in [9.17, 15) is 13.2 Å². The van der Waals surface area contributed by atoms with E-state index in [1.807, 2.05) is 0 Å². The van der Waals surface area contributed by atoms with Crippen LogP contribution in [0.2, 0.25) is 0 Å². The zero-order chi connectivity index (χ0) is 15.2. The molecule has 0 bridgehead atoms. The normalized spacial score (nSPS) is 21.1. The van der Waals surface area contributed by atoms with Gasteiger partial charge in [-0.15, -0.1) is 0 Å². The number of alkyl halides is 3. The Morgan fingerprint density at radius 1 is 1.45 bits per heavy atom. The molecule has 4 N–H and O–H groups in total. The summed E-state index contributed by atoms with van der Waals surface area (Å²) in [5, 5.41) is 13.6. The van der Waals surface area contributed by atoms with Gasteiger partial charge >= 0.3 is 6.18 Å². The van der Waals surface area contributed by atoms with E-state index < -0.39 is 17.9 Å². The molecule has 8 heteroatoms. The fourth-order valence-corrected chi connectivity index (χ4v) is 2.36. The molecule has 1 heterocycles. The minimum absolute atomic E-state index is 0.355. The van der Waals surface area contributed by atoms with Crippen molar-refractivity contribution in [3.8, 4) is 0 Å². The van der Waals surface area contributed by atoms with Gasteiger partial charge in [0.15, 0.2) is 5.84 Å². The summed E-state index contributed by atoms with van der Waals surface area (Å²) in [5.41, 5.74) is 5.08. The number of hydrogen-bond acceptors (Lipinski definition) is 4. The molecule has 1 atom stereocenters. The first-order valence-electron chi connectivity index (χ1n) is 6.78. The second kappa shape index (κ2) is 7.68. The van der Waals surface area contributed by atoms with Crippen LogP contribution in [0.1, 0.15) is 19.3 Å². The van der Waals surface area contributed by atoms with Gasteiger partial charge < -0.3 is 21.2 Å². The smallest absolute Gasteiger partial charge is 0.400 e. The number of nitrogens with one attached hydrogen (secondary N) is 1. The minimum atomic E-state index is -4.50. The maximum Gasteiger partial charge on any atom is 0.400 e. The van der Waals surface area contributed by atoms with E-state index in [0.29, 0.717) is 12.5 Å². The highest BCUT2D eigenvalue weighted by atomic mass is 19.4. The predicted octanol–water partition coefficient (Wildman–Crippen LogP) is 1.23. The summed E-state index contributed by atoms with van der Waals surface area (Å²) in [4.78, 5) is 2.25. The van der Waals surface area contributed by atoms with Crippen LogP contribution >= 0.6 is 0 Å². The summed E-state index contributed by atoms with van der Waals surface area (Å²) in [7, 11) is 2.07. The summed E-state index contributed by atoms with van der Waals surface area (Å²) in [6, 6.07) is 0. The third kappa shape index (κ3) is 5.54. The van der Waals surface area contributed by atoms with Crippen molar-refractivity contribution in [3.05, 3.63) is 0 Å². The lowest BCUT2D eigenvalue weighted by atomic mass is 9.94. The van der Waals surface area contributed by atoms with Gasteiger partial charge in [0, 0.05) is 6.54 Å². The number of likely N-dealkylation sites (tertiary alicyclic amines) is 1. The second-order valence-electron chi connectivity index (χ2n) is 5.36. The molecule has 0 aromatic heterocycles. The van der Waals surface area contributed by atoms with Gasteiger partial charge in [0.1, 0.15) is 5.92 Å². The number of piperidine rings is 1. The first-order chi connectivity index (χ1) is 9.34. The van der Waals surface area contributed by atoms with Crippen LogP contribution < -0.4 is 11.1 Å². The van der Waals surface area contributed by atoms with E-state index in [4.69, 9.17) is 10.9 Å². The van der Waals surface area contributed by atoms with Crippen molar-refractivity contribution in [3.63, 3.8) is 0 Å². The maximum absolute atomic E-state index is 12.7. The van der Waals surface area contributed by atoms with Gasteiger partial charge in [-0.3, -0.25) is 0 Å². The molecule has 5 nitrogen and oxygen atoms in total. The summed E-state index contributed by atoms with van der Waals surface area (Å²) in [5.74, 6) is -2.18. The average Bonchev–Trinajstić information content (AvgIpc) is 2.38. The molecule has 118 valence electrons. The topological polar surface area (TPSA) is 73.9 Å². The number of oxime groups is 1. The van der Waals surface area contributed by atoms with Gasteiger partial charge in [-0.05, 0) is 51.9 Å². The van der Waals surface area contributed by atoms with Gasteiger partial charge in [-0.25, -0.2) is 0 Å². The zero-order valence-corrected chi connectivity index (χ0v) is 11.7. The first kappa shape index (κ1) is 17.0. The fraction of sp³-hybridized carbons (Fsp3) is 0.917. The van der Waals surface area contributed by atoms with E-state index in [0.717, 1.165) is 32.4 Å². The molecule has 0 saturated carbocycles. The van der Waals surface area contributed by atoms with Gasteiger partial charge in [0.05, 0.1) is 0 Å². The predicted molar refractivity (Wildman–Crippen MR) is 70.7 cm³/mol. The number of hydrogen-bond donors (Lipinski definition) is 3. The van der Waals surface area contributed by atoms with Crippen molar-refractivity contribution in [2.45, 2.75) is 25.4 Å². The number of rotatable bonds is 6. The molecule has 1 fully saturated rings. The van der Waals surface area contributed by atoms with Crippen LogP contribution in [-0.2, 0) is 0 Å². The van der Waals surface area contributed by atoms with Crippen LogP contribution in [0.4, 0.5) is 13.2 Å². The second-order valence-corrected chi connectivity index (χ2v) is 5.36. The molecule has 0 spiro atoms. The lowest BCUT2D eigenvalue weighted by Crippen LogP contribution is -2.43. The third-order valence-electron chi connectivity index (χ3n) is 3.78. The molecule has 1 aliphatic heterocycles. The largest absolute Gasteiger partial charge is 0.409 e.